The molecule has 1 atom stereocenters. The number of carboxylic acid groups (broad SMARTS) is 1. The minimum absolute atomic E-state index is 0.125. The van der Waals surface area contributed by atoms with Crippen LogP contribution in [-0.4, -0.2) is 67.0 Å². The zero-order valence-corrected chi connectivity index (χ0v) is 11.9. The van der Waals surface area contributed by atoms with Gasteiger partial charge in [-0.3, -0.25) is 9.59 Å². The van der Waals surface area contributed by atoms with Crippen molar-refractivity contribution in [2.75, 3.05) is 27.2 Å². The third-order valence-corrected chi connectivity index (χ3v) is 4.56. The van der Waals surface area contributed by atoms with Crippen molar-refractivity contribution in [3.63, 3.8) is 0 Å². The van der Waals surface area contributed by atoms with Crippen LogP contribution in [0.3, 0.4) is 0 Å². The van der Waals surface area contributed by atoms with Gasteiger partial charge in [0.25, 0.3) is 0 Å². The van der Waals surface area contributed by atoms with Gasteiger partial charge in [0, 0.05) is 20.6 Å². The summed E-state index contributed by atoms with van der Waals surface area (Å²) in [6.45, 7) is 2.65. The highest BCUT2D eigenvalue weighted by Crippen LogP contribution is 2.10. The molecule has 8 heteroatoms. The van der Waals surface area contributed by atoms with Gasteiger partial charge in [-0.15, -0.1) is 0 Å². The van der Waals surface area contributed by atoms with E-state index in [4.69, 9.17) is 5.11 Å². The second-order valence-corrected chi connectivity index (χ2v) is 6.40. The van der Waals surface area contributed by atoms with E-state index in [0.717, 1.165) is 11.2 Å². The SMILES string of the molecule is CCCN(CC(=O)N(C)C)S(=O)(=O)C(C)C(=O)O. The summed E-state index contributed by atoms with van der Waals surface area (Å²) < 4.78 is 24.9. The first kappa shape index (κ1) is 16.9. The first-order chi connectivity index (χ1) is 8.14. The normalized spacial score (nSPS) is 13.4. The number of rotatable bonds is 7. The van der Waals surface area contributed by atoms with Crippen LogP contribution in [-0.2, 0) is 19.6 Å². The van der Waals surface area contributed by atoms with Crippen molar-refractivity contribution in [3.8, 4) is 0 Å². The topological polar surface area (TPSA) is 95.0 Å². The van der Waals surface area contributed by atoms with Gasteiger partial charge in [0.05, 0.1) is 6.54 Å². The summed E-state index contributed by atoms with van der Waals surface area (Å²) in [4.78, 5) is 23.6. The molecule has 0 aliphatic carbocycles. The van der Waals surface area contributed by atoms with E-state index in [0.29, 0.717) is 6.42 Å². The summed E-state index contributed by atoms with van der Waals surface area (Å²) in [6.07, 6.45) is 0.506. The Balaban J connectivity index is 5.11. The molecule has 0 saturated heterocycles. The minimum Gasteiger partial charge on any atom is -0.480 e. The van der Waals surface area contributed by atoms with E-state index in [2.05, 4.69) is 0 Å². The molecule has 0 aromatic heterocycles. The van der Waals surface area contributed by atoms with Crippen molar-refractivity contribution >= 4 is 21.9 Å². The van der Waals surface area contributed by atoms with Gasteiger partial charge in [0.15, 0.2) is 5.25 Å². The van der Waals surface area contributed by atoms with Crippen LogP contribution in [0.15, 0.2) is 0 Å². The molecule has 0 bridgehead atoms. The Morgan fingerprint density at radius 3 is 2.11 bits per heavy atom. The van der Waals surface area contributed by atoms with Crippen LogP contribution in [0.5, 0.6) is 0 Å². The molecule has 0 spiro atoms. The van der Waals surface area contributed by atoms with Crippen molar-refractivity contribution in [1.29, 1.82) is 0 Å². The lowest BCUT2D eigenvalue weighted by molar-refractivity contribution is -0.136. The number of carboxylic acids is 1. The molecular weight excluding hydrogens is 260 g/mol. The third-order valence-electron chi connectivity index (χ3n) is 2.44. The van der Waals surface area contributed by atoms with Crippen LogP contribution in [0.25, 0.3) is 0 Å². The summed E-state index contributed by atoms with van der Waals surface area (Å²) in [5.74, 6) is -1.81. The highest BCUT2D eigenvalue weighted by atomic mass is 32.2. The van der Waals surface area contributed by atoms with Gasteiger partial charge < -0.3 is 10.0 Å². The van der Waals surface area contributed by atoms with Gasteiger partial charge in [-0.25, -0.2) is 8.42 Å². The zero-order chi connectivity index (χ0) is 14.5. The van der Waals surface area contributed by atoms with Crippen LogP contribution in [0.4, 0.5) is 0 Å². The van der Waals surface area contributed by atoms with Crippen LogP contribution in [0, 0.1) is 0 Å². The number of carbonyl (C=O) groups excluding carboxylic acids is 1. The van der Waals surface area contributed by atoms with E-state index >= 15 is 0 Å². The summed E-state index contributed by atoms with van der Waals surface area (Å²) >= 11 is 0. The molecular formula is C10H20N2O5S. The summed E-state index contributed by atoms with van der Waals surface area (Å²) in [6, 6.07) is 0. The van der Waals surface area contributed by atoms with Gasteiger partial charge in [-0.1, -0.05) is 6.92 Å². The molecule has 0 rings (SSSR count). The minimum atomic E-state index is -4.00. The van der Waals surface area contributed by atoms with Gasteiger partial charge in [0.2, 0.25) is 15.9 Å². The lowest BCUT2D eigenvalue weighted by Gasteiger charge is -2.24. The molecule has 1 unspecified atom stereocenters. The predicted molar refractivity (Wildman–Crippen MR) is 66.6 cm³/mol. The van der Waals surface area contributed by atoms with Crippen LogP contribution < -0.4 is 0 Å². The highest BCUT2D eigenvalue weighted by molar-refractivity contribution is 7.90. The predicted octanol–water partition coefficient (Wildman–Crippen LogP) is -0.410. The fourth-order valence-corrected chi connectivity index (χ4v) is 2.62. The molecule has 18 heavy (non-hydrogen) atoms. The van der Waals surface area contributed by atoms with Crippen LogP contribution >= 0.6 is 0 Å². The number of sulfonamides is 1. The summed E-state index contributed by atoms with van der Waals surface area (Å²) in [7, 11) is -0.978. The van der Waals surface area contributed by atoms with Gasteiger partial charge in [0.1, 0.15) is 0 Å². The first-order valence-corrected chi connectivity index (χ1v) is 7.06. The Labute approximate surface area is 107 Å². The van der Waals surface area contributed by atoms with E-state index in [9.17, 15) is 18.0 Å². The van der Waals surface area contributed by atoms with Crippen molar-refractivity contribution in [3.05, 3.63) is 0 Å². The molecule has 0 aromatic rings. The fourth-order valence-electron chi connectivity index (χ4n) is 1.19. The Kier molecular flexibility index (Phi) is 6.27. The second-order valence-electron chi connectivity index (χ2n) is 4.15. The van der Waals surface area contributed by atoms with Crippen molar-refractivity contribution < 1.29 is 23.1 Å². The monoisotopic (exact) mass is 280 g/mol. The maximum atomic E-state index is 12.0. The van der Waals surface area contributed by atoms with E-state index in [1.807, 2.05) is 0 Å². The molecule has 106 valence electrons. The summed E-state index contributed by atoms with van der Waals surface area (Å²) in [5.41, 5.74) is 0. The second kappa shape index (κ2) is 6.69. The number of hydrogen-bond donors (Lipinski definition) is 1. The molecule has 0 fully saturated rings. The van der Waals surface area contributed by atoms with Gasteiger partial charge >= 0.3 is 5.97 Å². The number of amides is 1. The number of likely N-dealkylation sites (N-methyl/N-ethyl adjacent to an activating group) is 1. The number of nitrogens with zero attached hydrogens (tertiary/aromatic N) is 2. The van der Waals surface area contributed by atoms with Crippen molar-refractivity contribution in [2.45, 2.75) is 25.5 Å². The van der Waals surface area contributed by atoms with E-state index in [-0.39, 0.29) is 19.0 Å². The Morgan fingerprint density at radius 1 is 1.28 bits per heavy atom. The Morgan fingerprint density at radius 2 is 1.78 bits per heavy atom. The zero-order valence-electron chi connectivity index (χ0n) is 11.1. The van der Waals surface area contributed by atoms with Gasteiger partial charge in [-0.2, -0.15) is 4.31 Å². The standard InChI is InChI=1S/C10H20N2O5S/c1-5-6-12(7-9(13)11(3)4)18(16,17)8(2)10(14)15/h8H,5-7H2,1-4H3,(H,14,15). The molecule has 0 aliphatic heterocycles. The highest BCUT2D eigenvalue weighted by Gasteiger charge is 2.34. The quantitative estimate of drug-likeness (QED) is 0.684. The Bertz CT molecular complexity index is 404. The number of hydrogen-bond acceptors (Lipinski definition) is 4. The molecule has 0 radical (unpaired) electrons. The van der Waals surface area contributed by atoms with E-state index < -0.39 is 21.2 Å². The maximum Gasteiger partial charge on any atom is 0.323 e. The molecule has 0 saturated carbocycles. The van der Waals surface area contributed by atoms with Crippen LogP contribution in [0.1, 0.15) is 20.3 Å². The molecule has 7 nitrogen and oxygen atoms in total. The third kappa shape index (κ3) is 4.26. The lowest BCUT2D eigenvalue weighted by Crippen LogP contribution is -2.46. The first-order valence-electron chi connectivity index (χ1n) is 5.56. The summed E-state index contributed by atoms with van der Waals surface area (Å²) in [5, 5.41) is 7.22. The van der Waals surface area contributed by atoms with Crippen LogP contribution in [0.2, 0.25) is 0 Å². The van der Waals surface area contributed by atoms with Gasteiger partial charge in [-0.05, 0) is 13.3 Å². The number of carbonyl (C=O) groups is 2. The largest absolute Gasteiger partial charge is 0.480 e. The molecule has 0 heterocycles. The van der Waals surface area contributed by atoms with Crippen molar-refractivity contribution in [1.82, 2.24) is 9.21 Å². The average molecular weight is 280 g/mol. The fraction of sp³-hybridized carbons (Fsp3) is 0.800. The smallest absolute Gasteiger partial charge is 0.323 e. The van der Waals surface area contributed by atoms with Crippen molar-refractivity contribution in [2.24, 2.45) is 0 Å². The molecule has 0 aromatic carbocycles. The van der Waals surface area contributed by atoms with E-state index in [1.165, 1.54) is 19.0 Å². The molecule has 1 amide bonds. The Hall–Kier alpha value is -1.15. The maximum absolute atomic E-state index is 12.0. The molecule has 1 N–H and O–H groups in total. The molecule has 0 aliphatic rings. The van der Waals surface area contributed by atoms with E-state index in [1.54, 1.807) is 6.92 Å². The average Bonchev–Trinajstić information content (AvgIpc) is 2.26. The number of aliphatic carboxylic acids is 1. The lowest BCUT2D eigenvalue weighted by atomic mass is 10.4.